The van der Waals surface area contributed by atoms with Crippen LogP contribution in [0.5, 0.6) is 0 Å². The van der Waals surface area contributed by atoms with E-state index in [2.05, 4.69) is 120 Å². The van der Waals surface area contributed by atoms with Gasteiger partial charge >= 0.3 is 27.6 Å². The summed E-state index contributed by atoms with van der Waals surface area (Å²) in [5.74, 6) is -1.27. The molecule has 0 heterocycles. The molecule has 0 spiro atoms. The number of hydrogen-bond donors (Lipinski definition) is 5. The summed E-state index contributed by atoms with van der Waals surface area (Å²) >= 11 is 0. The van der Waals surface area contributed by atoms with Crippen molar-refractivity contribution in [3.8, 4) is 0 Å². The van der Waals surface area contributed by atoms with E-state index in [0.717, 1.165) is 77.0 Å². The number of hydrogen-bond acceptors (Lipinski definition) is 11. The normalized spacial score (nSPS) is 15.6. The Morgan fingerprint density at radius 1 is 0.500 bits per heavy atom. The molecule has 0 aliphatic carbocycles. The number of rotatable bonds is 41. The number of esters is 2. The van der Waals surface area contributed by atoms with Crippen molar-refractivity contribution in [2.24, 2.45) is 0 Å². The molecular formula is C50H78O14P2. The van der Waals surface area contributed by atoms with Crippen LogP contribution in [0.15, 0.2) is 134 Å². The van der Waals surface area contributed by atoms with Gasteiger partial charge in [-0.25, -0.2) is 9.13 Å². The molecule has 0 fully saturated rings. The standard InChI is InChI=1S/C50H78O14P2/c1-3-5-7-9-11-13-15-17-18-19-20-21-22-24-26-28-30-32-36-41-50(54)64-48(45-63-66(58,59)62-43-47(52)42-61-65(55,56)57)44-60-49(53)40-37-33-35-39-46(51)38-34-31-29-27-25-23-16-14-12-10-8-6-4-2/h5-8,11-14,17-18,20-21,23-26,29,31,33-35,38,46-48,51-52H,3-4,9-10,15-16,19,22,27-28,30,32,36-37,39-45H2,1-2H3,(H,58,59)(H2,55,56,57)/b7-5-,8-6-,13-11-,14-12-,18-17-,21-20-,25-23-,26-24-,31-29-,35-33-,38-34-/t46?,47-,48+/m0/s1. The van der Waals surface area contributed by atoms with Gasteiger partial charge in [-0.3, -0.25) is 23.2 Å². The average Bonchev–Trinajstić information content (AvgIpc) is 3.27. The topological polar surface area (TPSA) is 216 Å². The van der Waals surface area contributed by atoms with Gasteiger partial charge < -0.3 is 34.4 Å². The molecule has 0 aliphatic heterocycles. The summed E-state index contributed by atoms with van der Waals surface area (Å²) in [6.45, 7) is 1.27. The van der Waals surface area contributed by atoms with Crippen LogP contribution in [-0.2, 0) is 41.8 Å². The summed E-state index contributed by atoms with van der Waals surface area (Å²) in [6.07, 6.45) is 53.3. The lowest BCUT2D eigenvalue weighted by molar-refractivity contribution is -0.161. The fourth-order valence-corrected chi connectivity index (χ4v) is 6.34. The van der Waals surface area contributed by atoms with E-state index in [4.69, 9.17) is 23.8 Å². The van der Waals surface area contributed by atoms with E-state index < -0.39 is 72.3 Å². The molecule has 5 N–H and O–H groups in total. The first-order valence-corrected chi connectivity index (χ1v) is 26.0. The molecule has 0 aromatic heterocycles. The van der Waals surface area contributed by atoms with Gasteiger partial charge in [0, 0.05) is 12.8 Å². The summed E-state index contributed by atoms with van der Waals surface area (Å²) in [6, 6.07) is 0. The first-order valence-electron chi connectivity index (χ1n) is 23.0. The van der Waals surface area contributed by atoms with Crippen molar-refractivity contribution < 1.29 is 66.7 Å². The molecule has 2 unspecified atom stereocenters. The molecule has 0 aliphatic rings. The maximum absolute atomic E-state index is 12.7. The van der Waals surface area contributed by atoms with Crippen molar-refractivity contribution in [2.45, 2.75) is 141 Å². The van der Waals surface area contributed by atoms with Crippen LogP contribution in [0.25, 0.3) is 0 Å². The van der Waals surface area contributed by atoms with Gasteiger partial charge in [0.25, 0.3) is 0 Å². The van der Waals surface area contributed by atoms with Crippen LogP contribution in [-0.4, -0.2) is 81.6 Å². The van der Waals surface area contributed by atoms with E-state index >= 15 is 0 Å². The van der Waals surface area contributed by atoms with Gasteiger partial charge in [-0.15, -0.1) is 0 Å². The monoisotopic (exact) mass is 964 g/mol. The maximum atomic E-state index is 12.7. The lowest BCUT2D eigenvalue weighted by Crippen LogP contribution is -2.29. The Hall–Kier alpha value is -3.78. The number of unbranched alkanes of at least 4 members (excludes halogenated alkanes) is 3. The third kappa shape index (κ3) is 46.7. The Kier molecular flexibility index (Phi) is 41.3. The van der Waals surface area contributed by atoms with Crippen molar-refractivity contribution in [1.82, 2.24) is 0 Å². The molecule has 0 radical (unpaired) electrons. The number of ether oxygens (including phenoxy) is 2. The zero-order chi connectivity index (χ0) is 48.8. The second kappa shape index (κ2) is 43.8. The maximum Gasteiger partial charge on any atom is 0.472 e. The lowest BCUT2D eigenvalue weighted by Gasteiger charge is -2.20. The smallest absolute Gasteiger partial charge is 0.462 e. The number of carbonyl (C=O) groups is 2. The predicted octanol–water partition coefficient (Wildman–Crippen LogP) is 11.2. The number of phosphoric ester groups is 2. The van der Waals surface area contributed by atoms with E-state index in [-0.39, 0.29) is 12.8 Å². The summed E-state index contributed by atoms with van der Waals surface area (Å²) in [7, 11) is -9.77. The minimum absolute atomic E-state index is 0.0278. The van der Waals surface area contributed by atoms with Gasteiger partial charge in [0.2, 0.25) is 0 Å². The van der Waals surface area contributed by atoms with Crippen LogP contribution in [0.4, 0.5) is 0 Å². The number of carbonyl (C=O) groups excluding carboxylic acids is 2. The van der Waals surface area contributed by atoms with Crippen molar-refractivity contribution in [3.63, 3.8) is 0 Å². The highest BCUT2D eigenvalue weighted by Gasteiger charge is 2.28. The Morgan fingerprint density at radius 3 is 1.53 bits per heavy atom. The number of allylic oxidation sites excluding steroid dienone is 20. The molecule has 14 nitrogen and oxygen atoms in total. The third-order valence-electron chi connectivity index (χ3n) is 8.62. The Balaban J connectivity index is 4.78. The minimum atomic E-state index is -4.89. The van der Waals surface area contributed by atoms with Gasteiger partial charge in [0.15, 0.2) is 6.10 Å². The van der Waals surface area contributed by atoms with Gasteiger partial charge in [0.1, 0.15) is 12.7 Å². The Labute approximate surface area is 394 Å². The summed E-state index contributed by atoms with van der Waals surface area (Å²) < 4.78 is 47.7. The second-order valence-electron chi connectivity index (χ2n) is 14.8. The Morgan fingerprint density at radius 2 is 0.985 bits per heavy atom. The van der Waals surface area contributed by atoms with E-state index in [1.165, 1.54) is 0 Å². The lowest BCUT2D eigenvalue weighted by atomic mass is 10.1. The molecule has 16 heteroatoms. The van der Waals surface area contributed by atoms with E-state index in [1.54, 1.807) is 24.3 Å². The Bertz CT molecular complexity index is 1680. The first-order chi connectivity index (χ1) is 31.8. The molecule has 0 bridgehead atoms. The van der Waals surface area contributed by atoms with E-state index in [0.29, 0.717) is 19.3 Å². The van der Waals surface area contributed by atoms with Crippen LogP contribution in [0.2, 0.25) is 0 Å². The van der Waals surface area contributed by atoms with Crippen LogP contribution in [0.1, 0.15) is 123 Å². The minimum Gasteiger partial charge on any atom is -0.462 e. The summed E-state index contributed by atoms with van der Waals surface area (Å²) in [5, 5.41) is 20.0. The third-order valence-corrected chi connectivity index (χ3v) is 10.1. The molecule has 0 amide bonds. The molecule has 0 rings (SSSR count). The van der Waals surface area contributed by atoms with Gasteiger partial charge in [-0.2, -0.15) is 0 Å². The molecule has 0 aromatic rings. The van der Waals surface area contributed by atoms with Gasteiger partial charge in [-0.1, -0.05) is 154 Å². The highest BCUT2D eigenvalue weighted by atomic mass is 31.2. The molecule has 0 saturated heterocycles. The van der Waals surface area contributed by atoms with Crippen molar-refractivity contribution in [3.05, 3.63) is 134 Å². The van der Waals surface area contributed by atoms with Crippen LogP contribution < -0.4 is 0 Å². The number of aliphatic hydroxyl groups is 2. The van der Waals surface area contributed by atoms with Crippen molar-refractivity contribution >= 4 is 27.6 Å². The molecular weight excluding hydrogens is 886 g/mol. The summed E-state index contributed by atoms with van der Waals surface area (Å²) in [4.78, 5) is 52.8. The van der Waals surface area contributed by atoms with Crippen LogP contribution in [0, 0.1) is 0 Å². The zero-order valence-electron chi connectivity index (χ0n) is 39.1. The van der Waals surface area contributed by atoms with Crippen molar-refractivity contribution in [2.75, 3.05) is 26.4 Å². The predicted molar refractivity (Wildman–Crippen MR) is 263 cm³/mol. The summed E-state index contributed by atoms with van der Waals surface area (Å²) in [5.41, 5.74) is 0. The molecule has 66 heavy (non-hydrogen) atoms. The fourth-order valence-electron chi connectivity index (χ4n) is 5.19. The highest BCUT2D eigenvalue weighted by Crippen LogP contribution is 2.43. The fraction of sp³-hybridized carbons (Fsp3) is 0.520. The molecule has 0 saturated carbocycles. The number of phosphoric acid groups is 2. The first kappa shape index (κ1) is 62.2. The van der Waals surface area contributed by atoms with Gasteiger partial charge in [-0.05, 0) is 89.9 Å². The van der Waals surface area contributed by atoms with E-state index in [1.807, 2.05) is 12.2 Å². The second-order valence-corrected chi connectivity index (χ2v) is 17.5. The molecule has 0 aromatic carbocycles. The van der Waals surface area contributed by atoms with Crippen LogP contribution in [0.3, 0.4) is 0 Å². The largest absolute Gasteiger partial charge is 0.472 e. The van der Waals surface area contributed by atoms with Gasteiger partial charge in [0.05, 0.1) is 25.9 Å². The quantitative estimate of drug-likeness (QED) is 0.0127. The number of aliphatic hydroxyl groups excluding tert-OH is 2. The van der Waals surface area contributed by atoms with Crippen molar-refractivity contribution in [1.29, 1.82) is 0 Å². The molecule has 372 valence electrons. The van der Waals surface area contributed by atoms with Crippen LogP contribution >= 0.6 is 15.6 Å². The van der Waals surface area contributed by atoms with E-state index in [9.17, 15) is 33.8 Å². The average molecular weight is 965 g/mol. The SMILES string of the molecule is CC/C=C\C/C=C\C/C=C\C/C=C\C=C/C(O)C/C=C\CCC(=O)OC[C@H](COP(=O)(O)OC[C@@H](O)COP(=O)(O)O)OC(=O)CCCCC/C=C\C/C=C\C/C=C\C/C=C\C/C=C\CC. The molecule has 4 atom stereocenters. The highest BCUT2D eigenvalue weighted by molar-refractivity contribution is 7.47. The zero-order valence-corrected chi connectivity index (χ0v) is 40.9.